The Bertz CT molecular complexity index is 497. The average Bonchev–Trinajstić information content (AvgIpc) is 2.36. The van der Waals surface area contributed by atoms with E-state index in [1.165, 1.54) is 26.4 Å². The minimum atomic E-state index is -3.73. The number of hydrogen-bond acceptors (Lipinski definition) is 5. The third kappa shape index (κ3) is 3.72. The molecule has 0 saturated heterocycles. The summed E-state index contributed by atoms with van der Waals surface area (Å²) in [6.07, 6.45) is 0. The predicted octanol–water partition coefficient (Wildman–Crippen LogP) is 0.146. The van der Waals surface area contributed by atoms with Crippen LogP contribution in [0.4, 0.5) is 0 Å². The number of rotatable bonds is 5. The normalized spacial score (nSPS) is 10.9. The highest BCUT2D eigenvalue weighted by molar-refractivity contribution is 7.89. The molecular formula is C10H13NO5S. The van der Waals surface area contributed by atoms with Crippen LogP contribution in [0.5, 0.6) is 5.75 Å². The smallest absolute Gasteiger partial charge is 0.320 e. The maximum Gasteiger partial charge on any atom is 0.320 e. The first-order chi connectivity index (χ1) is 7.99. The van der Waals surface area contributed by atoms with Crippen molar-refractivity contribution in [3.05, 3.63) is 24.3 Å². The van der Waals surface area contributed by atoms with Crippen LogP contribution in [-0.2, 0) is 19.6 Å². The highest BCUT2D eigenvalue weighted by Gasteiger charge is 2.16. The Balaban J connectivity index is 2.85. The quantitative estimate of drug-likeness (QED) is 0.761. The molecular weight excluding hydrogens is 246 g/mol. The molecule has 0 atom stereocenters. The lowest BCUT2D eigenvalue weighted by atomic mass is 10.3. The van der Waals surface area contributed by atoms with Crippen molar-refractivity contribution in [2.24, 2.45) is 0 Å². The van der Waals surface area contributed by atoms with Gasteiger partial charge in [0.2, 0.25) is 10.0 Å². The first-order valence-corrected chi connectivity index (χ1v) is 6.18. The third-order valence-electron chi connectivity index (χ3n) is 1.99. The molecule has 1 N–H and O–H groups in total. The van der Waals surface area contributed by atoms with Gasteiger partial charge >= 0.3 is 5.97 Å². The van der Waals surface area contributed by atoms with Crippen LogP contribution in [0.2, 0.25) is 0 Å². The van der Waals surface area contributed by atoms with E-state index in [-0.39, 0.29) is 4.90 Å². The van der Waals surface area contributed by atoms with E-state index >= 15 is 0 Å². The lowest BCUT2D eigenvalue weighted by Crippen LogP contribution is -2.30. The van der Waals surface area contributed by atoms with Crippen LogP contribution in [0, 0.1) is 0 Å². The number of methoxy groups -OCH3 is 2. The second-order valence-corrected chi connectivity index (χ2v) is 4.85. The highest BCUT2D eigenvalue weighted by Crippen LogP contribution is 2.16. The van der Waals surface area contributed by atoms with Gasteiger partial charge in [-0.1, -0.05) is 6.07 Å². The number of carbonyl (C=O) groups is 1. The monoisotopic (exact) mass is 259 g/mol. The summed E-state index contributed by atoms with van der Waals surface area (Å²) >= 11 is 0. The number of esters is 1. The van der Waals surface area contributed by atoms with Crippen molar-refractivity contribution < 1.29 is 22.7 Å². The molecule has 0 radical (unpaired) electrons. The molecule has 1 aromatic carbocycles. The Morgan fingerprint density at radius 2 is 2.06 bits per heavy atom. The van der Waals surface area contributed by atoms with Crippen molar-refractivity contribution in [3.8, 4) is 5.75 Å². The third-order valence-corrected chi connectivity index (χ3v) is 3.38. The Hall–Kier alpha value is -1.60. The van der Waals surface area contributed by atoms with Gasteiger partial charge in [-0.2, -0.15) is 4.72 Å². The van der Waals surface area contributed by atoms with Crippen LogP contribution < -0.4 is 9.46 Å². The molecule has 0 bridgehead atoms. The van der Waals surface area contributed by atoms with E-state index in [0.717, 1.165) is 0 Å². The van der Waals surface area contributed by atoms with Gasteiger partial charge < -0.3 is 9.47 Å². The minimum Gasteiger partial charge on any atom is -0.497 e. The van der Waals surface area contributed by atoms with Crippen LogP contribution in [0.25, 0.3) is 0 Å². The number of ether oxygens (including phenoxy) is 2. The van der Waals surface area contributed by atoms with Crippen molar-refractivity contribution in [2.75, 3.05) is 20.8 Å². The van der Waals surface area contributed by atoms with Crippen molar-refractivity contribution in [2.45, 2.75) is 4.90 Å². The summed E-state index contributed by atoms with van der Waals surface area (Å²) in [6.45, 7) is -0.407. The zero-order valence-electron chi connectivity index (χ0n) is 9.47. The fourth-order valence-corrected chi connectivity index (χ4v) is 2.08. The fourth-order valence-electron chi connectivity index (χ4n) is 1.08. The van der Waals surface area contributed by atoms with E-state index in [1.807, 2.05) is 0 Å². The molecule has 0 unspecified atom stereocenters. The lowest BCUT2D eigenvalue weighted by Gasteiger charge is -2.07. The Kier molecular flexibility index (Phi) is 4.47. The topological polar surface area (TPSA) is 81.7 Å². The fraction of sp³-hybridized carbons (Fsp3) is 0.300. The number of nitrogens with one attached hydrogen (secondary N) is 1. The van der Waals surface area contributed by atoms with Crippen molar-refractivity contribution >= 4 is 16.0 Å². The summed E-state index contributed by atoms with van der Waals surface area (Å²) in [6, 6.07) is 5.94. The van der Waals surface area contributed by atoms with Crippen LogP contribution in [0.1, 0.15) is 0 Å². The molecule has 0 fully saturated rings. The number of hydrogen-bond donors (Lipinski definition) is 1. The first-order valence-electron chi connectivity index (χ1n) is 4.70. The molecule has 0 heterocycles. The average molecular weight is 259 g/mol. The molecule has 94 valence electrons. The summed E-state index contributed by atoms with van der Waals surface area (Å²) in [5, 5.41) is 0. The molecule has 0 spiro atoms. The molecule has 0 aliphatic carbocycles. The number of sulfonamides is 1. The minimum absolute atomic E-state index is 0.0285. The van der Waals surface area contributed by atoms with Gasteiger partial charge in [-0.05, 0) is 12.1 Å². The standard InChI is InChI=1S/C10H13NO5S/c1-15-8-4-3-5-9(6-8)17(13,14)11-7-10(12)16-2/h3-6,11H,7H2,1-2H3. The molecule has 1 aromatic rings. The van der Waals surface area contributed by atoms with Gasteiger partial charge in [0.25, 0.3) is 0 Å². The zero-order chi connectivity index (χ0) is 12.9. The second-order valence-electron chi connectivity index (χ2n) is 3.08. The first kappa shape index (κ1) is 13.5. The highest BCUT2D eigenvalue weighted by atomic mass is 32.2. The Morgan fingerprint density at radius 3 is 2.65 bits per heavy atom. The van der Waals surface area contributed by atoms with Crippen LogP contribution in [0.3, 0.4) is 0 Å². The van der Waals surface area contributed by atoms with E-state index < -0.39 is 22.5 Å². The molecule has 1 rings (SSSR count). The van der Waals surface area contributed by atoms with Gasteiger partial charge in [-0.15, -0.1) is 0 Å². The van der Waals surface area contributed by atoms with E-state index in [4.69, 9.17) is 4.74 Å². The molecule has 6 nitrogen and oxygen atoms in total. The van der Waals surface area contributed by atoms with Crippen LogP contribution >= 0.6 is 0 Å². The summed E-state index contributed by atoms with van der Waals surface area (Å²) < 4.78 is 34.9. The van der Waals surface area contributed by atoms with Crippen molar-refractivity contribution in [1.29, 1.82) is 0 Å². The second kappa shape index (κ2) is 5.65. The van der Waals surface area contributed by atoms with Gasteiger partial charge in [-0.25, -0.2) is 8.42 Å². The summed E-state index contributed by atoms with van der Waals surface area (Å²) in [5.74, 6) is -0.234. The van der Waals surface area contributed by atoms with Crippen LogP contribution in [0.15, 0.2) is 29.2 Å². The SMILES string of the molecule is COC(=O)CNS(=O)(=O)c1cccc(OC)c1. The molecule has 0 amide bonds. The molecule has 0 aliphatic heterocycles. The van der Waals surface area contributed by atoms with Gasteiger partial charge in [0.05, 0.1) is 19.1 Å². The number of carbonyl (C=O) groups excluding carboxylic acids is 1. The zero-order valence-corrected chi connectivity index (χ0v) is 10.3. The predicted molar refractivity (Wildman–Crippen MR) is 60.2 cm³/mol. The molecule has 0 saturated carbocycles. The van der Waals surface area contributed by atoms with E-state index in [1.54, 1.807) is 12.1 Å². The summed E-state index contributed by atoms with van der Waals surface area (Å²) in [5.41, 5.74) is 0. The van der Waals surface area contributed by atoms with Crippen LogP contribution in [-0.4, -0.2) is 35.2 Å². The number of benzene rings is 1. The van der Waals surface area contributed by atoms with Gasteiger partial charge in [0.15, 0.2) is 0 Å². The van der Waals surface area contributed by atoms with E-state index in [0.29, 0.717) is 5.75 Å². The molecule has 0 aliphatic rings. The maximum absolute atomic E-state index is 11.7. The maximum atomic E-state index is 11.7. The summed E-state index contributed by atoms with van der Waals surface area (Å²) in [7, 11) is -1.11. The van der Waals surface area contributed by atoms with Gasteiger partial charge in [0, 0.05) is 6.07 Å². The summed E-state index contributed by atoms with van der Waals surface area (Å²) in [4.78, 5) is 10.9. The largest absolute Gasteiger partial charge is 0.497 e. The molecule has 17 heavy (non-hydrogen) atoms. The Labute approximate surface area is 99.6 Å². The van der Waals surface area contributed by atoms with Gasteiger partial charge in [0.1, 0.15) is 12.3 Å². The Morgan fingerprint density at radius 1 is 1.35 bits per heavy atom. The van der Waals surface area contributed by atoms with Crippen molar-refractivity contribution in [1.82, 2.24) is 4.72 Å². The van der Waals surface area contributed by atoms with E-state index in [2.05, 4.69) is 9.46 Å². The molecule has 0 aromatic heterocycles. The van der Waals surface area contributed by atoms with E-state index in [9.17, 15) is 13.2 Å². The molecule has 7 heteroatoms. The lowest BCUT2D eigenvalue weighted by molar-refractivity contribution is -0.139. The van der Waals surface area contributed by atoms with Crippen molar-refractivity contribution in [3.63, 3.8) is 0 Å². The van der Waals surface area contributed by atoms with Gasteiger partial charge in [-0.3, -0.25) is 4.79 Å².